The minimum atomic E-state index is -3.41. The molecule has 2 amide bonds. The van der Waals surface area contributed by atoms with Crippen LogP contribution in [0.4, 0.5) is 4.79 Å². The van der Waals surface area contributed by atoms with Crippen LogP contribution >= 0.6 is 11.6 Å². The fourth-order valence-corrected chi connectivity index (χ4v) is 4.61. The van der Waals surface area contributed by atoms with E-state index in [2.05, 4.69) is 4.98 Å². The van der Waals surface area contributed by atoms with Gasteiger partial charge < -0.3 is 14.5 Å². The minimum Gasteiger partial charge on any atom is -0.449 e. The van der Waals surface area contributed by atoms with Gasteiger partial charge >= 0.3 is 6.09 Å². The third-order valence-electron chi connectivity index (χ3n) is 5.61. The highest BCUT2D eigenvalue weighted by molar-refractivity contribution is 7.89. The molecule has 1 fully saturated rings. The van der Waals surface area contributed by atoms with Gasteiger partial charge in [-0.15, -0.1) is 0 Å². The molecule has 0 N–H and O–H groups in total. The van der Waals surface area contributed by atoms with E-state index < -0.39 is 10.0 Å². The Morgan fingerprint density at radius 2 is 1.79 bits per heavy atom. The summed E-state index contributed by atoms with van der Waals surface area (Å²) < 4.78 is 29.8. The first-order valence-corrected chi connectivity index (χ1v) is 13.1. The Morgan fingerprint density at radius 3 is 2.44 bits per heavy atom. The second kappa shape index (κ2) is 9.63. The van der Waals surface area contributed by atoms with Crippen LogP contribution in [0.15, 0.2) is 42.7 Å². The molecule has 1 saturated heterocycles. The van der Waals surface area contributed by atoms with Crippen LogP contribution in [0.5, 0.6) is 0 Å². The number of hydrogen-bond acceptors (Lipinski definition) is 6. The molecule has 9 nitrogen and oxygen atoms in total. The van der Waals surface area contributed by atoms with Gasteiger partial charge in [0.25, 0.3) is 5.91 Å². The fourth-order valence-electron chi connectivity index (χ4n) is 3.76. The van der Waals surface area contributed by atoms with E-state index in [4.69, 9.17) is 16.3 Å². The standard InChI is InChI=1S/C23H25ClN4O5S/c1-3-12-33-23(30)27-10-8-26(9-11-27)22(29)16-4-5-18-19(24)14-20(25-21(18)13-16)17-6-7-28(15-17)34(2,31)32/h4-7,13-15H,3,8-12H2,1-2H3. The topological polar surface area (TPSA) is 102 Å². The van der Waals surface area contributed by atoms with E-state index in [1.54, 1.807) is 40.1 Å². The summed E-state index contributed by atoms with van der Waals surface area (Å²) in [5, 5.41) is 1.14. The zero-order valence-corrected chi connectivity index (χ0v) is 20.5. The smallest absolute Gasteiger partial charge is 0.409 e. The van der Waals surface area contributed by atoms with Crippen molar-refractivity contribution in [1.82, 2.24) is 18.8 Å². The highest BCUT2D eigenvalue weighted by Crippen LogP contribution is 2.29. The molecule has 3 aromatic rings. The molecule has 0 saturated carbocycles. The van der Waals surface area contributed by atoms with Crippen molar-refractivity contribution in [3.05, 3.63) is 53.3 Å². The van der Waals surface area contributed by atoms with Gasteiger partial charge in [-0.1, -0.05) is 24.6 Å². The Hall–Kier alpha value is -3.11. The third-order valence-corrected chi connectivity index (χ3v) is 6.91. The third kappa shape index (κ3) is 5.02. The van der Waals surface area contributed by atoms with Crippen LogP contribution in [0.2, 0.25) is 5.02 Å². The largest absolute Gasteiger partial charge is 0.449 e. The number of pyridine rings is 1. The monoisotopic (exact) mass is 504 g/mol. The van der Waals surface area contributed by atoms with E-state index in [0.717, 1.165) is 16.6 Å². The Labute approximate surface area is 202 Å². The van der Waals surface area contributed by atoms with Gasteiger partial charge in [0.1, 0.15) is 0 Å². The summed E-state index contributed by atoms with van der Waals surface area (Å²) in [6.07, 6.45) is 4.44. The lowest BCUT2D eigenvalue weighted by atomic mass is 10.1. The Balaban J connectivity index is 1.54. The second-order valence-electron chi connectivity index (χ2n) is 8.11. The number of amides is 2. The second-order valence-corrected chi connectivity index (χ2v) is 10.4. The van der Waals surface area contributed by atoms with Crippen molar-refractivity contribution < 1.29 is 22.7 Å². The first-order chi connectivity index (χ1) is 16.2. The van der Waals surface area contributed by atoms with Gasteiger partial charge in [0, 0.05) is 55.1 Å². The van der Waals surface area contributed by atoms with Gasteiger partial charge in [-0.2, -0.15) is 0 Å². The van der Waals surface area contributed by atoms with E-state index in [-0.39, 0.29) is 12.0 Å². The Morgan fingerprint density at radius 1 is 1.09 bits per heavy atom. The zero-order chi connectivity index (χ0) is 24.5. The molecule has 0 atom stereocenters. The van der Waals surface area contributed by atoms with E-state index in [0.29, 0.717) is 65.5 Å². The van der Waals surface area contributed by atoms with Gasteiger partial charge in [0.15, 0.2) is 0 Å². The number of fused-ring (bicyclic) bond motifs is 1. The number of aromatic nitrogens is 2. The van der Waals surface area contributed by atoms with Crippen molar-refractivity contribution in [3.63, 3.8) is 0 Å². The normalized spacial score (nSPS) is 14.4. The van der Waals surface area contributed by atoms with E-state index in [1.807, 2.05) is 6.92 Å². The molecule has 0 spiro atoms. The molecule has 34 heavy (non-hydrogen) atoms. The number of halogens is 1. The molecule has 3 heterocycles. The molecule has 0 aliphatic carbocycles. The van der Waals surface area contributed by atoms with Crippen molar-refractivity contribution in [2.75, 3.05) is 39.0 Å². The van der Waals surface area contributed by atoms with Crippen LogP contribution in [-0.2, 0) is 14.8 Å². The number of nitrogens with zero attached hydrogens (tertiary/aromatic N) is 4. The van der Waals surface area contributed by atoms with Crippen LogP contribution in [0.3, 0.4) is 0 Å². The summed E-state index contributed by atoms with van der Waals surface area (Å²) in [7, 11) is -3.41. The van der Waals surface area contributed by atoms with Crippen LogP contribution in [0, 0.1) is 0 Å². The van der Waals surface area contributed by atoms with E-state index in [1.165, 1.54) is 12.4 Å². The molecule has 1 aliphatic heterocycles. The summed E-state index contributed by atoms with van der Waals surface area (Å²) in [5.74, 6) is -0.157. The SMILES string of the molecule is CCCOC(=O)N1CCN(C(=O)c2ccc3c(Cl)cc(-c4ccn(S(C)(=O)=O)c4)nc3c2)CC1. The van der Waals surface area contributed by atoms with Crippen LogP contribution in [-0.4, -0.2) is 78.2 Å². The van der Waals surface area contributed by atoms with Crippen molar-refractivity contribution in [2.45, 2.75) is 13.3 Å². The zero-order valence-electron chi connectivity index (χ0n) is 18.9. The minimum absolute atomic E-state index is 0.157. The highest BCUT2D eigenvalue weighted by atomic mass is 35.5. The maximum absolute atomic E-state index is 13.1. The number of carbonyl (C=O) groups is 2. The maximum atomic E-state index is 13.1. The average molecular weight is 505 g/mol. The molecule has 1 aliphatic rings. The summed E-state index contributed by atoms with van der Waals surface area (Å²) in [4.78, 5) is 33.1. The number of carbonyl (C=O) groups excluding carboxylic acids is 2. The van der Waals surface area contributed by atoms with Gasteiger partial charge in [0.05, 0.1) is 29.1 Å². The molecular formula is C23H25ClN4O5S. The summed E-state index contributed by atoms with van der Waals surface area (Å²) in [5.41, 5.74) is 2.09. The summed E-state index contributed by atoms with van der Waals surface area (Å²) >= 11 is 6.46. The lowest BCUT2D eigenvalue weighted by Gasteiger charge is -2.34. The lowest BCUT2D eigenvalue weighted by molar-refractivity contribution is 0.0560. The molecule has 0 radical (unpaired) electrons. The molecule has 0 unspecified atom stereocenters. The Kier molecular flexibility index (Phi) is 6.81. The first kappa shape index (κ1) is 24.0. The molecule has 4 rings (SSSR count). The summed E-state index contributed by atoms with van der Waals surface area (Å²) in [6, 6.07) is 8.46. The molecule has 11 heteroatoms. The molecule has 180 valence electrons. The van der Waals surface area contributed by atoms with Gasteiger partial charge in [0.2, 0.25) is 10.0 Å². The number of benzene rings is 1. The highest BCUT2D eigenvalue weighted by Gasteiger charge is 2.26. The molecule has 1 aromatic carbocycles. The molecule has 0 bridgehead atoms. The van der Waals surface area contributed by atoms with Crippen molar-refractivity contribution in [3.8, 4) is 11.3 Å². The quantitative estimate of drug-likeness (QED) is 0.527. The van der Waals surface area contributed by atoms with Gasteiger partial charge in [-0.05, 0) is 30.7 Å². The lowest BCUT2D eigenvalue weighted by Crippen LogP contribution is -2.50. The van der Waals surface area contributed by atoms with Crippen LogP contribution in [0.1, 0.15) is 23.7 Å². The fraction of sp³-hybridized carbons (Fsp3) is 0.348. The average Bonchev–Trinajstić information content (AvgIpc) is 3.33. The number of rotatable bonds is 5. The van der Waals surface area contributed by atoms with Crippen molar-refractivity contribution in [2.24, 2.45) is 0 Å². The van der Waals surface area contributed by atoms with E-state index >= 15 is 0 Å². The van der Waals surface area contributed by atoms with Crippen molar-refractivity contribution in [1.29, 1.82) is 0 Å². The van der Waals surface area contributed by atoms with Crippen molar-refractivity contribution >= 4 is 44.5 Å². The predicted molar refractivity (Wildman–Crippen MR) is 130 cm³/mol. The maximum Gasteiger partial charge on any atom is 0.409 e. The number of hydrogen-bond donors (Lipinski definition) is 0. The molecular weight excluding hydrogens is 480 g/mol. The predicted octanol–water partition coefficient (Wildman–Crippen LogP) is 3.47. The summed E-state index contributed by atoms with van der Waals surface area (Å²) in [6.45, 7) is 3.95. The molecule has 2 aromatic heterocycles. The van der Waals surface area contributed by atoms with E-state index in [9.17, 15) is 18.0 Å². The number of piperazine rings is 1. The van der Waals surface area contributed by atoms with Gasteiger partial charge in [-0.3, -0.25) is 8.77 Å². The van der Waals surface area contributed by atoms with Crippen LogP contribution in [0.25, 0.3) is 22.2 Å². The number of ether oxygens (including phenoxy) is 1. The van der Waals surface area contributed by atoms with Crippen LogP contribution < -0.4 is 0 Å². The first-order valence-electron chi connectivity index (χ1n) is 10.9. The van der Waals surface area contributed by atoms with Gasteiger partial charge in [-0.25, -0.2) is 18.2 Å². The Bertz CT molecular complexity index is 1350.